The number of aromatic nitrogens is 2. The van der Waals surface area contributed by atoms with Gasteiger partial charge in [0.25, 0.3) is 0 Å². The number of benzene rings is 2. The van der Waals surface area contributed by atoms with Crippen molar-refractivity contribution in [2.24, 2.45) is 23.7 Å². The number of pyridine rings is 2. The van der Waals surface area contributed by atoms with E-state index >= 15 is 0 Å². The number of ether oxygens (including phenoxy) is 2. The predicted molar refractivity (Wildman–Crippen MR) is 211 cm³/mol. The Morgan fingerprint density at radius 1 is 0.727 bits per heavy atom. The standard InChI is InChI=1S/2C20H24N2O2.H2O4S.2H2O/c2*1-3-13-12-22-9-7-14(13)10-19(22)20(23)16-6-8-21-18-5-4-15(24-2)11-17(16)18;1-5(2,3)4;;/h2*3-6,8,11,13-14,19-20,23H,1,7,9-10,12H2,2H3;(H2,1,2,3,4);2*1H2/t2*13?,14?,19?,20-;;;/m00.../s1. The smallest absolute Gasteiger partial charge is 0.394 e. The van der Waals surface area contributed by atoms with Crippen molar-refractivity contribution in [2.45, 2.75) is 50.0 Å². The summed E-state index contributed by atoms with van der Waals surface area (Å²) in [6.45, 7) is 12.1. The van der Waals surface area contributed by atoms with Gasteiger partial charge in [-0.15, -0.1) is 13.2 Å². The molecule has 15 heteroatoms. The molecule has 4 bridgehead atoms. The molecule has 0 aliphatic carbocycles. The van der Waals surface area contributed by atoms with E-state index in [0.717, 1.165) is 83.5 Å². The summed E-state index contributed by atoms with van der Waals surface area (Å²) in [5.74, 6) is 4.01. The average Bonchev–Trinajstić information content (AvgIpc) is 3.19. The van der Waals surface area contributed by atoms with E-state index in [4.69, 9.17) is 27.0 Å². The van der Waals surface area contributed by atoms with Crippen molar-refractivity contribution in [3.8, 4) is 11.5 Å². The lowest BCUT2D eigenvalue weighted by molar-refractivity contribution is -0.0445. The molecule has 8 N–H and O–H groups in total. The average molecular weight is 783 g/mol. The summed E-state index contributed by atoms with van der Waals surface area (Å²) in [6, 6.07) is 15.9. The summed E-state index contributed by atoms with van der Waals surface area (Å²) < 4.78 is 42.3. The first-order valence-electron chi connectivity index (χ1n) is 18.1. The molecule has 2 aromatic heterocycles. The van der Waals surface area contributed by atoms with Gasteiger partial charge in [0, 0.05) is 48.3 Å². The third-order valence-electron chi connectivity index (χ3n) is 11.6. The molecule has 0 spiro atoms. The van der Waals surface area contributed by atoms with E-state index in [1.165, 1.54) is 12.8 Å². The molecule has 10 rings (SSSR count). The second kappa shape index (κ2) is 18.7. The van der Waals surface area contributed by atoms with E-state index in [1.807, 2.05) is 48.5 Å². The number of fused-ring (bicyclic) bond motifs is 8. The van der Waals surface area contributed by atoms with Gasteiger partial charge in [-0.3, -0.25) is 28.9 Å². The van der Waals surface area contributed by atoms with Crippen LogP contribution in [0.1, 0.15) is 49.0 Å². The molecule has 10 atom stereocenters. The largest absolute Gasteiger partial charge is 0.497 e. The number of piperidine rings is 6. The Labute approximate surface area is 322 Å². The van der Waals surface area contributed by atoms with Crippen molar-refractivity contribution < 1.29 is 48.2 Å². The molecule has 300 valence electrons. The molecule has 6 aliphatic heterocycles. The van der Waals surface area contributed by atoms with E-state index in [0.29, 0.717) is 23.7 Å². The summed E-state index contributed by atoms with van der Waals surface area (Å²) in [5, 5.41) is 24.3. The minimum absolute atomic E-state index is 0. The molecule has 55 heavy (non-hydrogen) atoms. The van der Waals surface area contributed by atoms with Gasteiger partial charge in [0.1, 0.15) is 11.5 Å². The van der Waals surface area contributed by atoms with E-state index in [1.54, 1.807) is 26.6 Å². The molecule has 6 fully saturated rings. The Balaban J connectivity index is 0.000000211. The first-order valence-corrected chi connectivity index (χ1v) is 19.5. The number of aliphatic hydroxyl groups excluding tert-OH is 2. The zero-order valence-electron chi connectivity index (χ0n) is 31.2. The van der Waals surface area contributed by atoms with Crippen molar-refractivity contribution in [2.75, 3.05) is 40.4 Å². The van der Waals surface area contributed by atoms with E-state index < -0.39 is 22.6 Å². The molecule has 8 heterocycles. The number of methoxy groups -OCH3 is 2. The van der Waals surface area contributed by atoms with Gasteiger partial charge in [0.15, 0.2) is 0 Å². The van der Waals surface area contributed by atoms with Gasteiger partial charge in [-0.1, -0.05) is 12.2 Å². The van der Waals surface area contributed by atoms with Crippen LogP contribution < -0.4 is 9.47 Å². The van der Waals surface area contributed by atoms with Crippen molar-refractivity contribution in [1.82, 2.24) is 19.8 Å². The third-order valence-corrected chi connectivity index (χ3v) is 11.6. The monoisotopic (exact) mass is 782 g/mol. The van der Waals surface area contributed by atoms with Gasteiger partial charge in [-0.05, 0) is 122 Å². The van der Waals surface area contributed by atoms with Gasteiger partial charge in [0.2, 0.25) is 0 Å². The maximum Gasteiger partial charge on any atom is 0.394 e. The van der Waals surface area contributed by atoms with E-state index in [2.05, 4.69) is 45.1 Å². The minimum Gasteiger partial charge on any atom is -0.497 e. The highest BCUT2D eigenvalue weighted by Gasteiger charge is 2.43. The molecular formula is C40H54N4O10S. The van der Waals surface area contributed by atoms with Gasteiger partial charge in [-0.2, -0.15) is 8.42 Å². The summed E-state index contributed by atoms with van der Waals surface area (Å²) in [6.07, 6.45) is 11.2. The van der Waals surface area contributed by atoms with Crippen molar-refractivity contribution >= 4 is 32.2 Å². The topological polar surface area (TPSA) is 229 Å². The van der Waals surface area contributed by atoms with E-state index in [-0.39, 0.29) is 23.0 Å². The fourth-order valence-corrected chi connectivity index (χ4v) is 8.89. The Morgan fingerprint density at radius 3 is 1.42 bits per heavy atom. The number of rotatable bonds is 8. The maximum absolute atomic E-state index is 11.2. The zero-order valence-corrected chi connectivity index (χ0v) is 32.1. The van der Waals surface area contributed by atoms with E-state index in [9.17, 15) is 10.2 Å². The molecule has 2 aromatic carbocycles. The van der Waals surface area contributed by atoms with Crippen LogP contribution in [0.3, 0.4) is 0 Å². The van der Waals surface area contributed by atoms with Crippen molar-refractivity contribution in [3.63, 3.8) is 0 Å². The SMILES string of the molecule is C=CC1CN2CCC1CC2[C@@H](O)c1ccnc2ccc(OC)cc12.C=CC1CN2CCC1CC2[C@@H](O)c1ccnc2ccc(OC)cc12.O.O.O=S(=O)(O)O. The van der Waals surface area contributed by atoms with Crippen LogP contribution in [0.15, 0.2) is 86.2 Å². The van der Waals surface area contributed by atoms with Crippen LogP contribution in [0, 0.1) is 23.7 Å². The van der Waals surface area contributed by atoms with Gasteiger partial charge >= 0.3 is 10.4 Å². The zero-order chi connectivity index (χ0) is 37.9. The maximum atomic E-state index is 11.2. The summed E-state index contributed by atoms with van der Waals surface area (Å²) in [5.41, 5.74) is 3.69. The number of nitrogens with zero attached hydrogens (tertiary/aromatic N) is 4. The van der Waals surface area contributed by atoms with Crippen LogP contribution in [-0.4, -0.2) is 111 Å². The minimum atomic E-state index is -4.67. The Hall–Kier alpha value is -4.03. The quantitative estimate of drug-likeness (QED) is 0.147. The number of aliphatic hydroxyl groups is 2. The van der Waals surface area contributed by atoms with Crippen LogP contribution in [0.4, 0.5) is 0 Å². The fraction of sp³-hybridized carbons (Fsp3) is 0.450. The summed E-state index contributed by atoms with van der Waals surface area (Å²) in [4.78, 5) is 13.7. The predicted octanol–water partition coefficient (Wildman–Crippen LogP) is 4.04. The summed E-state index contributed by atoms with van der Waals surface area (Å²) in [7, 11) is -1.34. The lowest BCUT2D eigenvalue weighted by Crippen LogP contribution is -2.54. The summed E-state index contributed by atoms with van der Waals surface area (Å²) >= 11 is 0. The molecule has 6 aliphatic rings. The Morgan fingerprint density at radius 2 is 1.11 bits per heavy atom. The molecule has 4 aromatic rings. The molecular weight excluding hydrogens is 729 g/mol. The highest BCUT2D eigenvalue weighted by molar-refractivity contribution is 7.79. The van der Waals surface area contributed by atoms with Crippen LogP contribution in [-0.2, 0) is 10.4 Å². The highest BCUT2D eigenvalue weighted by atomic mass is 32.3. The first-order chi connectivity index (χ1) is 25.4. The van der Waals surface area contributed by atoms with Crippen LogP contribution >= 0.6 is 0 Å². The van der Waals surface area contributed by atoms with Gasteiger partial charge in [-0.25, -0.2) is 0 Å². The van der Waals surface area contributed by atoms with Crippen LogP contribution in [0.25, 0.3) is 21.8 Å². The molecule has 14 nitrogen and oxygen atoms in total. The Bertz CT molecular complexity index is 1900. The number of hydrogen-bond donors (Lipinski definition) is 4. The second-order valence-corrected chi connectivity index (χ2v) is 15.3. The highest BCUT2D eigenvalue weighted by Crippen LogP contribution is 2.43. The van der Waals surface area contributed by atoms with Crippen LogP contribution in [0.5, 0.6) is 11.5 Å². The van der Waals surface area contributed by atoms with Crippen molar-refractivity contribution in [1.29, 1.82) is 0 Å². The fourth-order valence-electron chi connectivity index (χ4n) is 8.89. The Kier molecular flexibility index (Phi) is 14.9. The lowest BCUT2D eigenvalue weighted by atomic mass is 9.73. The third kappa shape index (κ3) is 9.86. The molecule has 0 radical (unpaired) electrons. The second-order valence-electron chi connectivity index (χ2n) is 14.4. The lowest BCUT2D eigenvalue weighted by Gasteiger charge is -2.50. The molecule has 0 amide bonds. The van der Waals surface area contributed by atoms with Crippen molar-refractivity contribution in [3.05, 3.63) is 97.4 Å². The normalized spacial score (nSPS) is 27.5. The molecule has 0 saturated carbocycles. The van der Waals surface area contributed by atoms with Gasteiger partial charge < -0.3 is 30.6 Å². The molecule has 8 unspecified atom stereocenters. The molecule has 6 saturated heterocycles. The first kappa shape index (κ1) is 43.7. The van der Waals surface area contributed by atoms with Gasteiger partial charge in [0.05, 0.1) is 37.5 Å². The number of hydrogen-bond acceptors (Lipinski definition) is 10. The van der Waals surface area contributed by atoms with Crippen LogP contribution in [0.2, 0.25) is 0 Å².